The van der Waals surface area contributed by atoms with Gasteiger partial charge < -0.3 is 10.1 Å². The first-order chi connectivity index (χ1) is 14.6. The van der Waals surface area contributed by atoms with Crippen LogP contribution >= 0.6 is 11.8 Å². The molecule has 0 aliphatic carbocycles. The number of esters is 1. The van der Waals surface area contributed by atoms with Gasteiger partial charge in [-0.25, -0.2) is 9.78 Å². The Morgan fingerprint density at radius 1 is 1.10 bits per heavy atom. The van der Waals surface area contributed by atoms with E-state index < -0.39 is 18.5 Å². The summed E-state index contributed by atoms with van der Waals surface area (Å²) in [5.41, 5.74) is 2.25. The number of anilines is 1. The molecule has 0 fully saturated rings. The van der Waals surface area contributed by atoms with Crippen molar-refractivity contribution in [1.29, 1.82) is 0 Å². The highest BCUT2D eigenvalue weighted by Gasteiger charge is 2.14. The molecular formula is C22H18N4O3S. The lowest BCUT2D eigenvalue weighted by Crippen LogP contribution is -2.21. The molecule has 0 atom stereocenters. The van der Waals surface area contributed by atoms with Crippen molar-refractivity contribution in [3.8, 4) is 0 Å². The van der Waals surface area contributed by atoms with E-state index >= 15 is 0 Å². The molecule has 0 spiro atoms. The summed E-state index contributed by atoms with van der Waals surface area (Å²) >= 11 is 1.54. The summed E-state index contributed by atoms with van der Waals surface area (Å²) in [6, 6.07) is 19.0. The Labute approximate surface area is 176 Å². The third-order valence-electron chi connectivity index (χ3n) is 4.30. The number of pyridine rings is 1. The summed E-state index contributed by atoms with van der Waals surface area (Å²) in [6.45, 7) is 1.44. The number of carbonyl (C=O) groups is 2. The molecule has 0 aliphatic rings. The molecule has 4 aromatic rings. The first-order valence-electron chi connectivity index (χ1n) is 9.20. The number of aromatic amines is 1. The second kappa shape index (κ2) is 8.79. The summed E-state index contributed by atoms with van der Waals surface area (Å²) in [5.74, 6) is -1.04. The summed E-state index contributed by atoms with van der Waals surface area (Å²) in [4.78, 5) is 30.7. The van der Waals surface area contributed by atoms with E-state index in [1.807, 2.05) is 61.5 Å². The van der Waals surface area contributed by atoms with Gasteiger partial charge in [-0.1, -0.05) is 42.1 Å². The average molecular weight is 418 g/mol. The maximum Gasteiger partial charge on any atom is 0.340 e. The number of rotatable bonds is 6. The zero-order chi connectivity index (χ0) is 20.9. The van der Waals surface area contributed by atoms with Gasteiger partial charge in [0.25, 0.3) is 5.91 Å². The molecule has 1 amide bonds. The second-order valence-corrected chi connectivity index (χ2v) is 7.59. The van der Waals surface area contributed by atoms with Gasteiger partial charge in [-0.05, 0) is 37.3 Å². The van der Waals surface area contributed by atoms with Crippen LogP contribution in [0.25, 0.3) is 11.0 Å². The molecule has 4 rings (SSSR count). The van der Waals surface area contributed by atoms with Crippen molar-refractivity contribution in [2.75, 3.05) is 11.9 Å². The lowest BCUT2D eigenvalue weighted by molar-refractivity contribution is -0.119. The fourth-order valence-electron chi connectivity index (χ4n) is 2.81. The molecule has 0 bridgehead atoms. The van der Waals surface area contributed by atoms with Gasteiger partial charge in [0.05, 0.1) is 11.3 Å². The largest absolute Gasteiger partial charge is 0.452 e. The Kier molecular flexibility index (Phi) is 5.76. The third kappa shape index (κ3) is 4.49. The number of carbonyl (C=O) groups excluding carboxylic acids is 2. The smallest absolute Gasteiger partial charge is 0.340 e. The van der Waals surface area contributed by atoms with Crippen LogP contribution in [-0.4, -0.2) is 33.7 Å². The van der Waals surface area contributed by atoms with Gasteiger partial charge in [-0.2, -0.15) is 5.10 Å². The van der Waals surface area contributed by atoms with Crippen LogP contribution in [0.5, 0.6) is 0 Å². The molecule has 0 saturated heterocycles. The van der Waals surface area contributed by atoms with Gasteiger partial charge in [-0.15, -0.1) is 0 Å². The van der Waals surface area contributed by atoms with E-state index in [-0.39, 0.29) is 5.56 Å². The molecule has 7 nitrogen and oxygen atoms in total. The maximum atomic E-state index is 12.3. The molecule has 8 heteroatoms. The van der Waals surface area contributed by atoms with Crippen LogP contribution in [-0.2, 0) is 9.53 Å². The molecule has 2 N–H and O–H groups in total. The van der Waals surface area contributed by atoms with Crippen molar-refractivity contribution in [3.05, 3.63) is 78.1 Å². The standard InChI is InChI=1S/C22H18N4O3S/c1-14-17-11-15(12-23-21(17)26-25-14)22(28)29-13-20(27)24-18-9-5-6-10-19(18)30-16-7-3-2-4-8-16/h2-12H,13H2,1H3,(H,24,27)(H,23,25,26). The summed E-state index contributed by atoms with van der Waals surface area (Å²) in [6.07, 6.45) is 1.38. The lowest BCUT2D eigenvalue weighted by Gasteiger charge is -2.11. The normalized spacial score (nSPS) is 10.7. The van der Waals surface area contributed by atoms with E-state index in [1.54, 1.807) is 17.8 Å². The Morgan fingerprint density at radius 3 is 2.70 bits per heavy atom. The SMILES string of the molecule is Cc1[nH]nc2ncc(C(=O)OCC(=O)Nc3ccccc3Sc3ccccc3)cc12. The van der Waals surface area contributed by atoms with Gasteiger partial charge >= 0.3 is 5.97 Å². The molecule has 0 unspecified atom stereocenters. The number of benzene rings is 2. The van der Waals surface area contributed by atoms with Crippen molar-refractivity contribution in [2.45, 2.75) is 16.7 Å². The van der Waals surface area contributed by atoms with E-state index in [0.29, 0.717) is 11.3 Å². The second-order valence-electron chi connectivity index (χ2n) is 6.48. The number of nitrogens with one attached hydrogen (secondary N) is 2. The number of hydrogen-bond acceptors (Lipinski definition) is 6. The minimum atomic E-state index is -0.618. The number of nitrogens with zero attached hydrogens (tertiary/aromatic N) is 2. The molecule has 2 aromatic heterocycles. The van der Waals surface area contributed by atoms with E-state index in [2.05, 4.69) is 20.5 Å². The fraction of sp³-hybridized carbons (Fsp3) is 0.0909. The first-order valence-corrected chi connectivity index (χ1v) is 10.0. The molecule has 0 saturated carbocycles. The van der Waals surface area contributed by atoms with E-state index in [4.69, 9.17) is 4.74 Å². The number of aromatic nitrogens is 3. The molecular weight excluding hydrogens is 400 g/mol. The number of ether oxygens (including phenoxy) is 1. The Balaban J connectivity index is 1.39. The molecule has 0 aliphatic heterocycles. The van der Waals surface area contributed by atoms with Gasteiger partial charge in [0.15, 0.2) is 12.3 Å². The number of aryl methyl sites for hydroxylation is 1. The monoisotopic (exact) mass is 418 g/mol. The van der Waals surface area contributed by atoms with Crippen molar-refractivity contribution >= 4 is 40.4 Å². The molecule has 2 aromatic carbocycles. The number of H-pyrrole nitrogens is 1. The highest BCUT2D eigenvalue weighted by Crippen LogP contribution is 2.33. The minimum Gasteiger partial charge on any atom is -0.452 e. The lowest BCUT2D eigenvalue weighted by atomic mass is 10.2. The highest BCUT2D eigenvalue weighted by atomic mass is 32.2. The zero-order valence-electron chi connectivity index (χ0n) is 16.1. The first kappa shape index (κ1) is 19.7. The molecule has 0 radical (unpaired) electrons. The van der Waals surface area contributed by atoms with Crippen molar-refractivity contribution in [2.24, 2.45) is 0 Å². The van der Waals surface area contributed by atoms with Gasteiger partial charge in [0.2, 0.25) is 0 Å². The third-order valence-corrected chi connectivity index (χ3v) is 5.39. The minimum absolute atomic E-state index is 0.264. The van der Waals surface area contributed by atoms with Crippen LogP contribution < -0.4 is 5.32 Å². The van der Waals surface area contributed by atoms with Crippen LogP contribution in [0.4, 0.5) is 5.69 Å². The number of hydrogen-bond donors (Lipinski definition) is 2. The van der Waals surface area contributed by atoms with Crippen LogP contribution in [0, 0.1) is 6.92 Å². The fourth-order valence-corrected chi connectivity index (χ4v) is 3.73. The predicted octanol–water partition coefficient (Wildman–Crippen LogP) is 4.21. The quantitative estimate of drug-likeness (QED) is 0.455. The molecule has 2 heterocycles. The van der Waals surface area contributed by atoms with Crippen LogP contribution in [0.1, 0.15) is 16.1 Å². The Hall–Kier alpha value is -3.65. The Bertz CT molecular complexity index is 1210. The van der Waals surface area contributed by atoms with Gasteiger partial charge in [0.1, 0.15) is 0 Å². The van der Waals surface area contributed by atoms with Gasteiger partial charge in [-0.3, -0.25) is 9.89 Å². The summed E-state index contributed by atoms with van der Waals surface area (Å²) in [7, 11) is 0. The highest BCUT2D eigenvalue weighted by molar-refractivity contribution is 7.99. The van der Waals surface area contributed by atoms with Crippen molar-refractivity contribution in [1.82, 2.24) is 15.2 Å². The van der Waals surface area contributed by atoms with Crippen LogP contribution in [0.3, 0.4) is 0 Å². The molecule has 150 valence electrons. The topological polar surface area (TPSA) is 97.0 Å². The number of para-hydroxylation sites is 1. The number of amides is 1. The summed E-state index contributed by atoms with van der Waals surface area (Å²) < 4.78 is 5.16. The van der Waals surface area contributed by atoms with Crippen LogP contribution in [0.15, 0.2) is 76.7 Å². The number of fused-ring (bicyclic) bond motifs is 1. The Morgan fingerprint density at radius 2 is 1.87 bits per heavy atom. The predicted molar refractivity (Wildman–Crippen MR) is 115 cm³/mol. The molecule has 30 heavy (non-hydrogen) atoms. The van der Waals surface area contributed by atoms with Crippen molar-refractivity contribution in [3.63, 3.8) is 0 Å². The zero-order valence-corrected chi connectivity index (χ0v) is 16.9. The average Bonchev–Trinajstić information content (AvgIpc) is 3.14. The van der Waals surface area contributed by atoms with Gasteiger partial charge in [0, 0.05) is 27.1 Å². The maximum absolute atomic E-state index is 12.3. The van der Waals surface area contributed by atoms with E-state index in [1.165, 1.54) is 6.20 Å². The van der Waals surface area contributed by atoms with Crippen LogP contribution in [0.2, 0.25) is 0 Å². The van der Waals surface area contributed by atoms with Crippen molar-refractivity contribution < 1.29 is 14.3 Å². The van der Waals surface area contributed by atoms with E-state index in [0.717, 1.165) is 20.9 Å². The van der Waals surface area contributed by atoms with E-state index in [9.17, 15) is 9.59 Å². The summed E-state index contributed by atoms with van der Waals surface area (Å²) in [5, 5.41) is 10.4.